The van der Waals surface area contributed by atoms with Gasteiger partial charge in [0.05, 0.1) is 17.2 Å². The van der Waals surface area contributed by atoms with Gasteiger partial charge in [0.2, 0.25) is 0 Å². The lowest BCUT2D eigenvalue weighted by molar-refractivity contribution is -0.137. The Labute approximate surface area is 111 Å². The van der Waals surface area contributed by atoms with E-state index in [1.807, 2.05) is 13.8 Å². The molecule has 0 aliphatic rings. The van der Waals surface area contributed by atoms with Crippen molar-refractivity contribution in [3.05, 3.63) is 29.3 Å². The SMILES string of the molecule is CCC(CC)CNc1ccc(C#N)cc1C(F)(F)F. The lowest BCUT2D eigenvalue weighted by Crippen LogP contribution is -2.16. The van der Waals surface area contributed by atoms with Crippen LogP contribution in [0, 0.1) is 17.2 Å². The van der Waals surface area contributed by atoms with E-state index in [2.05, 4.69) is 5.32 Å². The molecule has 0 atom stereocenters. The van der Waals surface area contributed by atoms with Gasteiger partial charge in [0.25, 0.3) is 0 Å². The Morgan fingerprint density at radius 2 is 1.89 bits per heavy atom. The Morgan fingerprint density at radius 3 is 2.37 bits per heavy atom. The minimum atomic E-state index is -4.46. The summed E-state index contributed by atoms with van der Waals surface area (Å²) in [5.41, 5.74) is -0.726. The van der Waals surface area contributed by atoms with Crippen LogP contribution in [0.25, 0.3) is 0 Å². The number of halogens is 3. The van der Waals surface area contributed by atoms with Crippen LogP contribution in [0.5, 0.6) is 0 Å². The highest BCUT2D eigenvalue weighted by molar-refractivity contribution is 5.56. The second-order valence-corrected chi connectivity index (χ2v) is 4.43. The second kappa shape index (κ2) is 6.46. The van der Waals surface area contributed by atoms with Crippen molar-refractivity contribution in [1.82, 2.24) is 0 Å². The van der Waals surface area contributed by atoms with Crippen LogP contribution in [-0.2, 0) is 6.18 Å². The van der Waals surface area contributed by atoms with Crippen LogP contribution in [-0.4, -0.2) is 6.54 Å². The van der Waals surface area contributed by atoms with E-state index in [0.717, 1.165) is 18.9 Å². The summed E-state index contributed by atoms with van der Waals surface area (Å²) in [4.78, 5) is 0. The number of alkyl halides is 3. The van der Waals surface area contributed by atoms with Crippen LogP contribution in [0.2, 0.25) is 0 Å². The van der Waals surface area contributed by atoms with Crippen LogP contribution < -0.4 is 5.32 Å². The average Bonchev–Trinajstić information content (AvgIpc) is 2.39. The van der Waals surface area contributed by atoms with E-state index < -0.39 is 11.7 Å². The molecule has 1 aromatic carbocycles. The van der Waals surface area contributed by atoms with E-state index >= 15 is 0 Å². The first-order valence-electron chi connectivity index (χ1n) is 6.27. The third kappa shape index (κ3) is 4.16. The largest absolute Gasteiger partial charge is 0.418 e. The third-order valence-corrected chi connectivity index (χ3v) is 3.19. The van der Waals surface area contributed by atoms with Gasteiger partial charge in [-0.05, 0) is 24.1 Å². The zero-order valence-electron chi connectivity index (χ0n) is 11.0. The molecule has 0 aliphatic carbocycles. The lowest BCUT2D eigenvalue weighted by Gasteiger charge is -2.18. The number of nitriles is 1. The normalized spacial score (nSPS) is 11.4. The Bertz CT molecular complexity index is 457. The molecule has 0 fully saturated rings. The highest BCUT2D eigenvalue weighted by Gasteiger charge is 2.33. The molecule has 0 aromatic heterocycles. The van der Waals surface area contributed by atoms with Gasteiger partial charge >= 0.3 is 6.18 Å². The first-order valence-corrected chi connectivity index (χ1v) is 6.27. The predicted molar refractivity (Wildman–Crippen MR) is 68.7 cm³/mol. The van der Waals surface area contributed by atoms with Gasteiger partial charge in [-0.15, -0.1) is 0 Å². The summed E-state index contributed by atoms with van der Waals surface area (Å²) >= 11 is 0. The van der Waals surface area contributed by atoms with Gasteiger partial charge in [-0.3, -0.25) is 0 Å². The molecule has 0 radical (unpaired) electrons. The number of nitrogens with one attached hydrogen (secondary N) is 1. The monoisotopic (exact) mass is 270 g/mol. The maximum absolute atomic E-state index is 12.9. The molecule has 19 heavy (non-hydrogen) atoms. The van der Waals surface area contributed by atoms with Crippen molar-refractivity contribution in [3.8, 4) is 6.07 Å². The Balaban J connectivity index is 2.97. The number of anilines is 1. The summed E-state index contributed by atoms with van der Waals surface area (Å²) in [6.07, 6.45) is -2.62. The van der Waals surface area contributed by atoms with Crippen LogP contribution in [0.3, 0.4) is 0 Å². The molecule has 104 valence electrons. The van der Waals surface area contributed by atoms with Gasteiger partial charge in [0, 0.05) is 12.2 Å². The summed E-state index contributed by atoms with van der Waals surface area (Å²) in [7, 11) is 0. The molecule has 0 saturated carbocycles. The van der Waals surface area contributed by atoms with Crippen molar-refractivity contribution in [3.63, 3.8) is 0 Å². The molecule has 0 unspecified atom stereocenters. The Hall–Kier alpha value is -1.70. The minimum absolute atomic E-state index is 0.0143. The van der Waals surface area contributed by atoms with Gasteiger partial charge in [0.1, 0.15) is 0 Å². The van der Waals surface area contributed by atoms with Gasteiger partial charge < -0.3 is 5.32 Å². The minimum Gasteiger partial charge on any atom is -0.384 e. The van der Waals surface area contributed by atoms with Gasteiger partial charge in [-0.1, -0.05) is 26.7 Å². The van der Waals surface area contributed by atoms with Crippen molar-refractivity contribution >= 4 is 5.69 Å². The Kier molecular flexibility index (Phi) is 5.22. The van der Waals surface area contributed by atoms with E-state index in [1.165, 1.54) is 12.1 Å². The molecular formula is C14H17F3N2. The number of benzene rings is 1. The quantitative estimate of drug-likeness (QED) is 0.859. The summed E-state index contributed by atoms with van der Waals surface area (Å²) in [5, 5.41) is 11.5. The molecule has 2 nitrogen and oxygen atoms in total. The number of hydrogen-bond acceptors (Lipinski definition) is 2. The predicted octanol–water partition coefficient (Wildman–Crippen LogP) is 4.43. The fraction of sp³-hybridized carbons (Fsp3) is 0.500. The molecule has 0 amide bonds. The molecule has 0 aliphatic heterocycles. The summed E-state index contributed by atoms with van der Waals surface area (Å²) < 4.78 is 38.7. The molecule has 0 bridgehead atoms. The van der Waals surface area contributed by atoms with Crippen molar-refractivity contribution in [1.29, 1.82) is 5.26 Å². The van der Waals surface area contributed by atoms with Crippen molar-refractivity contribution in [2.75, 3.05) is 11.9 Å². The summed E-state index contributed by atoms with van der Waals surface area (Å²) in [6, 6.07) is 5.33. The lowest BCUT2D eigenvalue weighted by atomic mass is 10.0. The van der Waals surface area contributed by atoms with Crippen LogP contribution in [0.4, 0.5) is 18.9 Å². The first kappa shape index (κ1) is 15.4. The van der Waals surface area contributed by atoms with Gasteiger partial charge in [-0.2, -0.15) is 18.4 Å². The van der Waals surface area contributed by atoms with Crippen molar-refractivity contribution in [2.45, 2.75) is 32.9 Å². The molecule has 0 heterocycles. The van der Waals surface area contributed by atoms with Crippen molar-refractivity contribution < 1.29 is 13.2 Å². The zero-order chi connectivity index (χ0) is 14.5. The van der Waals surface area contributed by atoms with E-state index in [9.17, 15) is 13.2 Å². The van der Waals surface area contributed by atoms with Crippen LogP contribution in [0.15, 0.2) is 18.2 Å². The number of rotatable bonds is 5. The van der Waals surface area contributed by atoms with Crippen LogP contribution >= 0.6 is 0 Å². The second-order valence-electron chi connectivity index (χ2n) is 4.43. The standard InChI is InChI=1S/C14H17F3N2/c1-3-10(4-2)9-19-13-6-5-11(8-18)7-12(13)14(15,16)17/h5-7,10,19H,3-4,9H2,1-2H3. The molecule has 5 heteroatoms. The molecule has 1 N–H and O–H groups in total. The maximum Gasteiger partial charge on any atom is 0.418 e. The summed E-state index contributed by atoms with van der Waals surface area (Å²) in [5.74, 6) is 0.344. The smallest absolute Gasteiger partial charge is 0.384 e. The Morgan fingerprint density at radius 1 is 1.26 bits per heavy atom. The van der Waals surface area contributed by atoms with E-state index in [0.29, 0.717) is 12.5 Å². The molecule has 1 rings (SSSR count). The fourth-order valence-corrected chi connectivity index (χ4v) is 1.83. The van der Waals surface area contributed by atoms with Gasteiger partial charge in [0.15, 0.2) is 0 Å². The average molecular weight is 270 g/mol. The zero-order valence-corrected chi connectivity index (χ0v) is 11.0. The summed E-state index contributed by atoms with van der Waals surface area (Å²) in [6.45, 7) is 4.53. The topological polar surface area (TPSA) is 35.8 Å². The first-order chi connectivity index (χ1) is 8.92. The van der Waals surface area contributed by atoms with E-state index in [4.69, 9.17) is 5.26 Å². The molecule has 0 spiro atoms. The highest BCUT2D eigenvalue weighted by atomic mass is 19.4. The molecule has 0 saturated heterocycles. The fourth-order valence-electron chi connectivity index (χ4n) is 1.83. The maximum atomic E-state index is 12.9. The molecular weight excluding hydrogens is 253 g/mol. The van der Waals surface area contributed by atoms with Crippen LogP contribution in [0.1, 0.15) is 37.8 Å². The third-order valence-electron chi connectivity index (χ3n) is 3.19. The van der Waals surface area contributed by atoms with Crippen molar-refractivity contribution in [2.24, 2.45) is 5.92 Å². The number of hydrogen-bond donors (Lipinski definition) is 1. The highest BCUT2D eigenvalue weighted by Crippen LogP contribution is 2.35. The van der Waals surface area contributed by atoms with E-state index in [-0.39, 0.29) is 11.3 Å². The van der Waals surface area contributed by atoms with Gasteiger partial charge in [-0.25, -0.2) is 0 Å². The number of nitrogens with zero attached hydrogens (tertiary/aromatic N) is 1. The van der Waals surface area contributed by atoms with E-state index in [1.54, 1.807) is 6.07 Å². The molecule has 1 aromatic rings.